The highest BCUT2D eigenvalue weighted by Crippen LogP contribution is 2.18. The third-order valence-electron chi connectivity index (χ3n) is 3.20. The van der Waals surface area contributed by atoms with Gasteiger partial charge in [-0.25, -0.2) is 0 Å². The molecule has 3 heterocycles. The molecule has 0 amide bonds. The molecule has 0 bridgehead atoms. The molecule has 3 rings (SSSR count). The second kappa shape index (κ2) is 6.27. The first-order valence-corrected chi connectivity index (χ1v) is 6.68. The molecule has 1 atom stereocenters. The van der Waals surface area contributed by atoms with Crippen LogP contribution in [-0.4, -0.2) is 30.7 Å². The second-order valence-corrected chi connectivity index (χ2v) is 4.78. The van der Waals surface area contributed by atoms with E-state index in [4.69, 9.17) is 4.42 Å². The van der Waals surface area contributed by atoms with Crippen molar-refractivity contribution in [3.8, 4) is 0 Å². The van der Waals surface area contributed by atoms with E-state index in [0.29, 0.717) is 18.7 Å². The largest absolute Gasteiger partial charge is 0.469 e. The minimum atomic E-state index is -0.720. The van der Waals surface area contributed by atoms with E-state index in [1.54, 1.807) is 18.7 Å². The van der Waals surface area contributed by atoms with Gasteiger partial charge >= 0.3 is 0 Å². The molecule has 0 spiro atoms. The summed E-state index contributed by atoms with van der Waals surface area (Å²) < 4.78 is 5.54. The first-order valence-electron chi connectivity index (χ1n) is 6.68. The van der Waals surface area contributed by atoms with Crippen molar-refractivity contribution >= 4 is 0 Å². The Morgan fingerprint density at radius 2 is 2.10 bits per heavy atom. The van der Waals surface area contributed by atoms with Crippen molar-refractivity contribution in [1.82, 2.24) is 25.6 Å². The van der Waals surface area contributed by atoms with Crippen LogP contribution in [0, 0.1) is 0 Å². The van der Waals surface area contributed by atoms with E-state index in [1.807, 2.05) is 18.2 Å². The van der Waals surface area contributed by atoms with Gasteiger partial charge < -0.3 is 9.52 Å². The van der Waals surface area contributed by atoms with Crippen LogP contribution in [0.5, 0.6) is 0 Å². The fourth-order valence-corrected chi connectivity index (χ4v) is 2.09. The molecule has 0 aliphatic heterocycles. The average Bonchev–Trinajstić information content (AvgIpc) is 3.17. The number of H-pyrrole nitrogens is 1. The lowest BCUT2D eigenvalue weighted by Gasteiger charge is -2.03. The molecule has 7 nitrogen and oxygen atoms in total. The monoisotopic (exact) mass is 285 g/mol. The number of aliphatic hydroxyl groups is 1. The van der Waals surface area contributed by atoms with Gasteiger partial charge in [0.25, 0.3) is 0 Å². The van der Waals surface area contributed by atoms with E-state index < -0.39 is 6.10 Å². The van der Waals surface area contributed by atoms with E-state index in [9.17, 15) is 5.11 Å². The molecule has 0 aromatic carbocycles. The lowest BCUT2D eigenvalue weighted by Crippen LogP contribution is -2.01. The fraction of sp³-hybridized carbons (Fsp3) is 0.286. The predicted molar refractivity (Wildman–Crippen MR) is 73.2 cm³/mol. The number of hydrogen-bond donors (Lipinski definition) is 2. The lowest BCUT2D eigenvalue weighted by molar-refractivity contribution is 0.158. The van der Waals surface area contributed by atoms with Gasteiger partial charge in [-0.05, 0) is 42.2 Å². The summed E-state index contributed by atoms with van der Waals surface area (Å²) in [7, 11) is 0. The van der Waals surface area contributed by atoms with Gasteiger partial charge in [-0.3, -0.25) is 4.98 Å². The highest BCUT2D eigenvalue weighted by atomic mass is 16.3. The number of hydrogen-bond acceptors (Lipinski definition) is 6. The van der Waals surface area contributed by atoms with Crippen molar-refractivity contribution in [2.45, 2.75) is 25.4 Å². The molecule has 3 aromatic heterocycles. The number of aromatic amines is 1. The van der Waals surface area contributed by atoms with E-state index in [-0.39, 0.29) is 0 Å². The quantitative estimate of drug-likeness (QED) is 0.710. The van der Waals surface area contributed by atoms with Crippen LogP contribution >= 0.6 is 0 Å². The Morgan fingerprint density at radius 3 is 2.86 bits per heavy atom. The van der Waals surface area contributed by atoms with Gasteiger partial charge in [0, 0.05) is 18.8 Å². The number of nitrogens with one attached hydrogen (secondary N) is 1. The molecular formula is C14H15N5O2. The zero-order valence-electron chi connectivity index (χ0n) is 11.3. The van der Waals surface area contributed by atoms with E-state index in [2.05, 4.69) is 25.6 Å². The summed E-state index contributed by atoms with van der Waals surface area (Å²) in [6, 6.07) is 5.92. The van der Waals surface area contributed by atoms with Gasteiger partial charge in [-0.15, -0.1) is 10.2 Å². The molecule has 1 unspecified atom stereocenters. The Bertz CT molecular complexity index is 666. The van der Waals surface area contributed by atoms with Crippen LogP contribution in [0.25, 0.3) is 0 Å². The maximum absolute atomic E-state index is 9.89. The molecule has 0 radical (unpaired) electrons. The van der Waals surface area contributed by atoms with Crippen LogP contribution in [0.1, 0.15) is 35.2 Å². The van der Waals surface area contributed by atoms with E-state index >= 15 is 0 Å². The zero-order valence-corrected chi connectivity index (χ0v) is 11.3. The summed E-state index contributed by atoms with van der Waals surface area (Å²) in [6.07, 6.45) is 6.47. The summed E-state index contributed by atoms with van der Waals surface area (Å²) >= 11 is 0. The van der Waals surface area contributed by atoms with Crippen LogP contribution in [0.3, 0.4) is 0 Å². The Kier molecular flexibility index (Phi) is 4.02. The molecule has 7 heteroatoms. The first kappa shape index (κ1) is 13.4. The van der Waals surface area contributed by atoms with Crippen LogP contribution in [0.2, 0.25) is 0 Å². The van der Waals surface area contributed by atoms with Crippen LogP contribution in [-0.2, 0) is 12.8 Å². The normalized spacial score (nSPS) is 12.4. The van der Waals surface area contributed by atoms with Crippen molar-refractivity contribution in [2.24, 2.45) is 0 Å². The summed E-state index contributed by atoms with van der Waals surface area (Å²) in [4.78, 5) is 3.99. The van der Waals surface area contributed by atoms with Crippen LogP contribution in [0.4, 0.5) is 0 Å². The SMILES string of the molecule is OC(CCc1coc(Cc2ccncc2)c1)c1nn[nH]n1. The molecule has 0 aliphatic carbocycles. The number of nitrogens with zero attached hydrogens (tertiary/aromatic N) is 4. The van der Waals surface area contributed by atoms with Gasteiger partial charge in [0.05, 0.1) is 6.26 Å². The second-order valence-electron chi connectivity index (χ2n) is 4.78. The Balaban J connectivity index is 1.55. The predicted octanol–water partition coefficient (Wildman–Crippen LogP) is 1.44. The van der Waals surface area contributed by atoms with Gasteiger partial charge in [0.15, 0.2) is 0 Å². The highest BCUT2D eigenvalue weighted by Gasteiger charge is 2.13. The Labute approximate surface area is 121 Å². The highest BCUT2D eigenvalue weighted by molar-refractivity contribution is 5.21. The molecule has 108 valence electrons. The molecule has 3 aromatic rings. The maximum atomic E-state index is 9.89. The van der Waals surface area contributed by atoms with Crippen molar-refractivity contribution < 1.29 is 9.52 Å². The van der Waals surface area contributed by atoms with Gasteiger partial charge in [0.2, 0.25) is 5.82 Å². The first-order chi connectivity index (χ1) is 10.3. The van der Waals surface area contributed by atoms with E-state index in [0.717, 1.165) is 23.3 Å². The third-order valence-corrected chi connectivity index (χ3v) is 3.20. The summed E-state index contributed by atoms with van der Waals surface area (Å²) in [5.74, 6) is 1.21. The van der Waals surface area contributed by atoms with Crippen LogP contribution < -0.4 is 0 Å². The number of tetrazole rings is 1. The van der Waals surface area contributed by atoms with Crippen LogP contribution in [0.15, 0.2) is 41.3 Å². The van der Waals surface area contributed by atoms with Crippen molar-refractivity contribution in [2.75, 3.05) is 0 Å². The Hall–Kier alpha value is -2.54. The molecular weight excluding hydrogens is 270 g/mol. The molecule has 0 saturated carbocycles. The smallest absolute Gasteiger partial charge is 0.202 e. The maximum Gasteiger partial charge on any atom is 0.202 e. The van der Waals surface area contributed by atoms with Crippen molar-refractivity contribution in [3.05, 3.63) is 59.6 Å². The standard InChI is InChI=1S/C14H15N5O2/c20-13(14-16-18-19-17-14)2-1-11-8-12(21-9-11)7-10-3-5-15-6-4-10/h3-6,8-9,13,20H,1-2,7H2,(H,16,17,18,19). The van der Waals surface area contributed by atoms with Gasteiger partial charge in [-0.2, -0.15) is 5.21 Å². The van der Waals surface area contributed by atoms with Gasteiger partial charge in [-0.1, -0.05) is 5.21 Å². The molecule has 21 heavy (non-hydrogen) atoms. The molecule has 2 N–H and O–H groups in total. The molecule has 0 saturated heterocycles. The fourth-order valence-electron chi connectivity index (χ4n) is 2.09. The van der Waals surface area contributed by atoms with Crippen molar-refractivity contribution in [1.29, 1.82) is 0 Å². The summed E-state index contributed by atoms with van der Waals surface area (Å²) in [5, 5.41) is 23.2. The third kappa shape index (κ3) is 3.51. The molecule has 0 aliphatic rings. The van der Waals surface area contributed by atoms with E-state index in [1.165, 1.54) is 0 Å². The number of pyridine rings is 1. The zero-order chi connectivity index (χ0) is 14.5. The van der Waals surface area contributed by atoms with Gasteiger partial charge in [0.1, 0.15) is 11.9 Å². The number of aromatic nitrogens is 5. The summed E-state index contributed by atoms with van der Waals surface area (Å²) in [5.41, 5.74) is 2.19. The van der Waals surface area contributed by atoms with Crippen molar-refractivity contribution in [3.63, 3.8) is 0 Å². The molecule has 0 fully saturated rings. The average molecular weight is 285 g/mol. The lowest BCUT2D eigenvalue weighted by atomic mass is 10.1. The summed E-state index contributed by atoms with van der Waals surface area (Å²) in [6.45, 7) is 0. The number of rotatable bonds is 6. The minimum Gasteiger partial charge on any atom is -0.469 e. The number of furan rings is 1. The topological polar surface area (TPSA) is 101 Å². The minimum absolute atomic E-state index is 0.315. The Morgan fingerprint density at radius 1 is 1.24 bits per heavy atom. The number of aliphatic hydroxyl groups excluding tert-OH is 1. The number of aryl methyl sites for hydroxylation is 1.